The standard InChI is InChI=1S/C17H36/c1-6-9-12-15(4)16(5)13-14-17(10-7-2)11-8-3/h15-17H,6-14H2,1-5H3. The van der Waals surface area contributed by atoms with Crippen LogP contribution in [0.1, 0.15) is 92.4 Å². The Balaban J connectivity index is 3.80. The number of rotatable bonds is 11. The largest absolute Gasteiger partial charge is 0.0654 e. The predicted molar refractivity (Wildman–Crippen MR) is 80.4 cm³/mol. The summed E-state index contributed by atoms with van der Waals surface area (Å²) >= 11 is 0. The first-order chi connectivity index (χ1) is 8.15. The van der Waals surface area contributed by atoms with E-state index in [9.17, 15) is 0 Å². The van der Waals surface area contributed by atoms with E-state index < -0.39 is 0 Å². The summed E-state index contributed by atoms with van der Waals surface area (Å²) in [6.07, 6.45) is 12.8. The highest BCUT2D eigenvalue weighted by atomic mass is 14.2. The van der Waals surface area contributed by atoms with Crippen LogP contribution in [0.5, 0.6) is 0 Å². The molecule has 0 aromatic heterocycles. The van der Waals surface area contributed by atoms with Gasteiger partial charge in [0.15, 0.2) is 0 Å². The van der Waals surface area contributed by atoms with Crippen LogP contribution in [0.4, 0.5) is 0 Å². The topological polar surface area (TPSA) is 0 Å². The fourth-order valence-electron chi connectivity index (χ4n) is 2.84. The molecule has 17 heavy (non-hydrogen) atoms. The highest BCUT2D eigenvalue weighted by Gasteiger charge is 2.14. The van der Waals surface area contributed by atoms with Crippen molar-refractivity contribution in [2.24, 2.45) is 17.8 Å². The lowest BCUT2D eigenvalue weighted by molar-refractivity contribution is 0.292. The van der Waals surface area contributed by atoms with Crippen LogP contribution in [0.15, 0.2) is 0 Å². The molecule has 0 bridgehead atoms. The summed E-state index contributed by atoms with van der Waals surface area (Å²) in [5.41, 5.74) is 0. The van der Waals surface area contributed by atoms with Gasteiger partial charge < -0.3 is 0 Å². The molecule has 0 aliphatic rings. The monoisotopic (exact) mass is 240 g/mol. The van der Waals surface area contributed by atoms with Crippen LogP contribution < -0.4 is 0 Å². The summed E-state index contributed by atoms with van der Waals surface area (Å²) in [6, 6.07) is 0. The van der Waals surface area contributed by atoms with Crippen molar-refractivity contribution >= 4 is 0 Å². The van der Waals surface area contributed by atoms with Gasteiger partial charge in [-0.25, -0.2) is 0 Å². The van der Waals surface area contributed by atoms with Gasteiger partial charge in [0, 0.05) is 0 Å². The Morgan fingerprint density at radius 3 is 1.59 bits per heavy atom. The van der Waals surface area contributed by atoms with Crippen molar-refractivity contribution in [3.05, 3.63) is 0 Å². The first-order valence-corrected chi connectivity index (χ1v) is 8.15. The summed E-state index contributed by atoms with van der Waals surface area (Å²) in [5.74, 6) is 2.86. The Morgan fingerprint density at radius 1 is 0.588 bits per heavy atom. The highest BCUT2D eigenvalue weighted by Crippen LogP contribution is 2.27. The molecule has 0 saturated carbocycles. The van der Waals surface area contributed by atoms with Crippen molar-refractivity contribution in [3.63, 3.8) is 0 Å². The van der Waals surface area contributed by atoms with E-state index in [0.29, 0.717) is 0 Å². The molecule has 0 fully saturated rings. The summed E-state index contributed by atoms with van der Waals surface area (Å²) in [4.78, 5) is 0. The van der Waals surface area contributed by atoms with Crippen LogP contribution >= 0.6 is 0 Å². The molecule has 0 aromatic carbocycles. The van der Waals surface area contributed by atoms with Crippen LogP contribution in [0.25, 0.3) is 0 Å². The zero-order chi connectivity index (χ0) is 13.1. The average Bonchev–Trinajstić information content (AvgIpc) is 2.33. The molecular formula is C17H36. The van der Waals surface area contributed by atoms with Crippen LogP contribution in [-0.2, 0) is 0 Å². The highest BCUT2D eigenvalue weighted by molar-refractivity contribution is 4.66. The first-order valence-electron chi connectivity index (χ1n) is 8.15. The number of hydrogen-bond acceptors (Lipinski definition) is 0. The summed E-state index contributed by atoms with van der Waals surface area (Å²) < 4.78 is 0. The van der Waals surface area contributed by atoms with Gasteiger partial charge >= 0.3 is 0 Å². The van der Waals surface area contributed by atoms with Crippen molar-refractivity contribution < 1.29 is 0 Å². The van der Waals surface area contributed by atoms with Crippen molar-refractivity contribution in [1.82, 2.24) is 0 Å². The third-order valence-corrected chi connectivity index (χ3v) is 4.41. The van der Waals surface area contributed by atoms with Crippen molar-refractivity contribution in [1.29, 1.82) is 0 Å². The van der Waals surface area contributed by atoms with Gasteiger partial charge in [0.2, 0.25) is 0 Å². The second-order valence-corrected chi connectivity index (χ2v) is 6.12. The second kappa shape index (κ2) is 11.1. The molecule has 0 nitrogen and oxygen atoms in total. The molecule has 0 aliphatic heterocycles. The maximum absolute atomic E-state index is 2.47. The van der Waals surface area contributed by atoms with E-state index in [1.54, 1.807) is 0 Å². The maximum Gasteiger partial charge on any atom is -0.0414 e. The molecule has 0 heteroatoms. The lowest BCUT2D eigenvalue weighted by Crippen LogP contribution is -2.10. The Morgan fingerprint density at radius 2 is 1.12 bits per heavy atom. The maximum atomic E-state index is 2.47. The van der Waals surface area contributed by atoms with Gasteiger partial charge in [-0.3, -0.25) is 0 Å². The molecule has 2 atom stereocenters. The molecule has 0 heterocycles. The van der Waals surface area contributed by atoms with Gasteiger partial charge in [0.1, 0.15) is 0 Å². The Labute approximate surface area is 111 Å². The van der Waals surface area contributed by atoms with E-state index in [-0.39, 0.29) is 0 Å². The minimum atomic E-state index is 0.928. The molecule has 0 radical (unpaired) electrons. The van der Waals surface area contributed by atoms with E-state index in [1.807, 2.05) is 0 Å². The first kappa shape index (κ1) is 17.0. The van der Waals surface area contributed by atoms with E-state index in [0.717, 1.165) is 17.8 Å². The van der Waals surface area contributed by atoms with Crippen LogP contribution in [0.2, 0.25) is 0 Å². The van der Waals surface area contributed by atoms with Gasteiger partial charge in [-0.1, -0.05) is 92.4 Å². The van der Waals surface area contributed by atoms with Crippen molar-refractivity contribution in [3.8, 4) is 0 Å². The zero-order valence-corrected chi connectivity index (χ0v) is 13.1. The summed E-state index contributed by atoms with van der Waals surface area (Å²) in [7, 11) is 0. The second-order valence-electron chi connectivity index (χ2n) is 6.12. The Kier molecular flexibility index (Phi) is 11.1. The minimum absolute atomic E-state index is 0.928. The van der Waals surface area contributed by atoms with Gasteiger partial charge in [-0.05, 0) is 17.8 Å². The quantitative estimate of drug-likeness (QED) is 0.389. The van der Waals surface area contributed by atoms with Crippen molar-refractivity contribution in [2.45, 2.75) is 92.4 Å². The smallest absolute Gasteiger partial charge is 0.0414 e. The number of hydrogen-bond donors (Lipinski definition) is 0. The van der Waals surface area contributed by atoms with E-state index in [4.69, 9.17) is 0 Å². The molecule has 0 saturated heterocycles. The van der Waals surface area contributed by atoms with Crippen LogP contribution in [-0.4, -0.2) is 0 Å². The number of unbranched alkanes of at least 4 members (excludes halogenated alkanes) is 1. The van der Waals surface area contributed by atoms with Gasteiger partial charge in [0.05, 0.1) is 0 Å². The molecule has 0 aliphatic carbocycles. The van der Waals surface area contributed by atoms with Gasteiger partial charge in [-0.15, -0.1) is 0 Å². The molecule has 0 aromatic rings. The Bertz CT molecular complexity index is 144. The molecule has 0 spiro atoms. The molecule has 0 N–H and O–H groups in total. The molecular weight excluding hydrogens is 204 g/mol. The normalized spacial score (nSPS) is 15.2. The van der Waals surface area contributed by atoms with Gasteiger partial charge in [-0.2, -0.15) is 0 Å². The Hall–Kier alpha value is 0. The lowest BCUT2D eigenvalue weighted by Gasteiger charge is -2.22. The fourth-order valence-corrected chi connectivity index (χ4v) is 2.84. The van der Waals surface area contributed by atoms with E-state index in [2.05, 4.69) is 34.6 Å². The third kappa shape index (κ3) is 8.69. The fraction of sp³-hybridized carbons (Fsp3) is 1.00. The van der Waals surface area contributed by atoms with E-state index >= 15 is 0 Å². The predicted octanol–water partition coefficient (Wildman–Crippen LogP) is 6.45. The summed E-state index contributed by atoms with van der Waals surface area (Å²) in [5, 5.41) is 0. The molecule has 104 valence electrons. The molecule has 2 unspecified atom stereocenters. The summed E-state index contributed by atoms with van der Waals surface area (Å²) in [6.45, 7) is 11.9. The average molecular weight is 240 g/mol. The van der Waals surface area contributed by atoms with Crippen LogP contribution in [0, 0.1) is 17.8 Å². The third-order valence-electron chi connectivity index (χ3n) is 4.41. The molecule has 0 rings (SSSR count). The van der Waals surface area contributed by atoms with Crippen LogP contribution in [0.3, 0.4) is 0 Å². The lowest BCUT2D eigenvalue weighted by atomic mass is 9.83. The van der Waals surface area contributed by atoms with E-state index in [1.165, 1.54) is 57.8 Å². The van der Waals surface area contributed by atoms with Crippen molar-refractivity contribution in [2.75, 3.05) is 0 Å². The molecule has 0 amide bonds. The minimum Gasteiger partial charge on any atom is -0.0654 e. The van der Waals surface area contributed by atoms with Gasteiger partial charge in [0.25, 0.3) is 0 Å². The zero-order valence-electron chi connectivity index (χ0n) is 13.1. The SMILES string of the molecule is CCCCC(C)C(C)CCC(CCC)CCC.